The van der Waals surface area contributed by atoms with Gasteiger partial charge in [0.15, 0.2) is 5.82 Å². The van der Waals surface area contributed by atoms with Crippen molar-refractivity contribution in [2.75, 3.05) is 0 Å². The van der Waals surface area contributed by atoms with Gasteiger partial charge < -0.3 is 0 Å². The lowest BCUT2D eigenvalue weighted by Gasteiger charge is -2.16. The largest absolute Gasteiger partial charge is 0.228 e. The van der Waals surface area contributed by atoms with Crippen LogP contribution < -0.4 is 0 Å². The quantitative estimate of drug-likeness (QED) is 0.177. The number of nitrogens with zero attached hydrogens (tertiary/aromatic N) is 2. The third-order valence-electron chi connectivity index (χ3n) is 10.8. The standard InChI is InChI=1S/C50H30N2/c1-2-12-33(13-3-1)49-44-20-8-9-23-46(44)51-50(52-49)43-29-28-35(36-16-4-6-18-38(36)43)34-26-27-40-42-22-11-15-32-25-24-31-14-10-21-41(47(31)48(32)42)37-17-5-7-19-39(37)45(40)30-34/h1-30H. The highest BCUT2D eigenvalue weighted by atomic mass is 14.9. The zero-order valence-corrected chi connectivity index (χ0v) is 28.2. The van der Waals surface area contributed by atoms with Crippen LogP contribution in [0.5, 0.6) is 0 Å². The second-order valence-electron chi connectivity index (χ2n) is 13.7. The van der Waals surface area contributed by atoms with E-state index in [1.165, 1.54) is 70.4 Å². The van der Waals surface area contributed by atoms with Gasteiger partial charge in [0.2, 0.25) is 0 Å². The Labute approximate surface area is 300 Å². The molecule has 0 aliphatic heterocycles. The minimum atomic E-state index is 0.730. The van der Waals surface area contributed by atoms with Gasteiger partial charge in [-0.15, -0.1) is 0 Å². The number of hydrogen-bond donors (Lipinski definition) is 0. The first-order chi connectivity index (χ1) is 25.8. The average molecular weight is 659 g/mol. The topological polar surface area (TPSA) is 25.8 Å². The molecule has 52 heavy (non-hydrogen) atoms. The molecule has 1 aromatic heterocycles. The Balaban J connectivity index is 1.19. The number of hydrogen-bond acceptors (Lipinski definition) is 2. The minimum Gasteiger partial charge on any atom is -0.228 e. The van der Waals surface area contributed by atoms with Crippen LogP contribution in [-0.4, -0.2) is 9.97 Å². The maximum Gasteiger partial charge on any atom is 0.161 e. The first-order valence-electron chi connectivity index (χ1n) is 17.8. The second kappa shape index (κ2) is 11.3. The molecule has 0 saturated heterocycles. The molecule has 2 heteroatoms. The summed E-state index contributed by atoms with van der Waals surface area (Å²) in [6, 6.07) is 65.8. The van der Waals surface area contributed by atoms with Crippen molar-refractivity contribution in [1.82, 2.24) is 9.97 Å². The maximum atomic E-state index is 5.24. The van der Waals surface area contributed by atoms with E-state index in [1.54, 1.807) is 0 Å². The Kier molecular flexibility index (Phi) is 6.28. The van der Waals surface area contributed by atoms with Crippen molar-refractivity contribution < 1.29 is 0 Å². The van der Waals surface area contributed by atoms with Crippen molar-refractivity contribution in [3.05, 3.63) is 182 Å². The molecule has 11 aromatic rings. The van der Waals surface area contributed by atoms with E-state index in [0.717, 1.165) is 38.9 Å². The van der Waals surface area contributed by atoms with Crippen LogP contribution in [0.1, 0.15) is 0 Å². The monoisotopic (exact) mass is 658 g/mol. The van der Waals surface area contributed by atoms with Crippen LogP contribution in [0, 0.1) is 0 Å². The van der Waals surface area contributed by atoms with Crippen LogP contribution in [0.4, 0.5) is 0 Å². The molecule has 0 amide bonds. The van der Waals surface area contributed by atoms with Gasteiger partial charge in [0.1, 0.15) is 0 Å². The average Bonchev–Trinajstić information content (AvgIpc) is 3.22. The lowest BCUT2D eigenvalue weighted by Crippen LogP contribution is -1.96. The van der Waals surface area contributed by atoms with Gasteiger partial charge in [-0.1, -0.05) is 164 Å². The van der Waals surface area contributed by atoms with Gasteiger partial charge in [0.25, 0.3) is 0 Å². The van der Waals surface area contributed by atoms with E-state index in [1.807, 2.05) is 12.1 Å². The van der Waals surface area contributed by atoms with E-state index in [0.29, 0.717) is 0 Å². The highest BCUT2D eigenvalue weighted by molar-refractivity contribution is 6.33. The van der Waals surface area contributed by atoms with Crippen LogP contribution in [0.25, 0.3) is 109 Å². The SMILES string of the molecule is c1ccc(-c2nc(-c3ccc(-c4ccc5c(c4)c4ccccc4c4cccc6ccc7cccc5c7c64)c4ccccc34)nc3ccccc23)cc1. The fraction of sp³-hybridized carbons (Fsp3) is 0. The molecule has 0 aliphatic carbocycles. The minimum absolute atomic E-state index is 0.730. The normalized spacial score (nSPS) is 11.8. The van der Waals surface area contributed by atoms with Gasteiger partial charge in [-0.25, -0.2) is 9.97 Å². The summed E-state index contributed by atoms with van der Waals surface area (Å²) in [6.45, 7) is 0. The predicted octanol–water partition coefficient (Wildman–Crippen LogP) is 13.5. The van der Waals surface area contributed by atoms with Gasteiger partial charge in [0.05, 0.1) is 11.2 Å². The van der Waals surface area contributed by atoms with E-state index < -0.39 is 0 Å². The first-order valence-corrected chi connectivity index (χ1v) is 17.8. The summed E-state index contributed by atoms with van der Waals surface area (Å²) in [7, 11) is 0. The first kappa shape index (κ1) is 28.9. The fourth-order valence-electron chi connectivity index (χ4n) is 8.49. The molecule has 0 N–H and O–H groups in total. The summed E-state index contributed by atoms with van der Waals surface area (Å²) >= 11 is 0. The number of para-hydroxylation sites is 1. The van der Waals surface area contributed by atoms with E-state index in [4.69, 9.17) is 9.97 Å². The number of fused-ring (bicyclic) bond motifs is 7. The molecule has 0 spiro atoms. The van der Waals surface area contributed by atoms with Gasteiger partial charge in [-0.2, -0.15) is 0 Å². The number of aromatic nitrogens is 2. The van der Waals surface area contributed by atoms with Crippen molar-refractivity contribution in [2.24, 2.45) is 0 Å². The lowest BCUT2D eigenvalue weighted by atomic mass is 9.88. The molecule has 11 rings (SSSR count). The van der Waals surface area contributed by atoms with E-state index in [2.05, 4.69) is 170 Å². The molecule has 0 aliphatic rings. The molecule has 0 saturated carbocycles. The number of rotatable bonds is 3. The van der Waals surface area contributed by atoms with Crippen LogP contribution in [0.2, 0.25) is 0 Å². The van der Waals surface area contributed by atoms with Crippen LogP contribution in [0.3, 0.4) is 0 Å². The molecule has 2 nitrogen and oxygen atoms in total. The second-order valence-corrected chi connectivity index (χ2v) is 13.7. The third-order valence-corrected chi connectivity index (χ3v) is 10.8. The summed E-state index contributed by atoms with van der Waals surface area (Å²) in [5.74, 6) is 0.730. The van der Waals surface area contributed by atoms with Gasteiger partial charge in [0, 0.05) is 16.5 Å². The lowest BCUT2D eigenvalue weighted by molar-refractivity contribution is 1.23. The van der Waals surface area contributed by atoms with Gasteiger partial charge in [-0.05, 0) is 94.0 Å². The highest BCUT2D eigenvalue weighted by Crippen LogP contribution is 2.42. The van der Waals surface area contributed by atoms with E-state index in [9.17, 15) is 0 Å². The third kappa shape index (κ3) is 4.31. The van der Waals surface area contributed by atoms with Crippen molar-refractivity contribution in [2.45, 2.75) is 0 Å². The van der Waals surface area contributed by atoms with Gasteiger partial charge >= 0.3 is 0 Å². The molecule has 0 radical (unpaired) electrons. The summed E-state index contributed by atoms with van der Waals surface area (Å²) in [5, 5.41) is 16.1. The summed E-state index contributed by atoms with van der Waals surface area (Å²) in [6.07, 6.45) is 0. The Morgan fingerprint density at radius 1 is 0.288 bits per heavy atom. The molecule has 0 atom stereocenters. The van der Waals surface area contributed by atoms with E-state index >= 15 is 0 Å². The fourth-order valence-corrected chi connectivity index (χ4v) is 8.49. The molecule has 240 valence electrons. The molecule has 1 heterocycles. The van der Waals surface area contributed by atoms with Crippen molar-refractivity contribution in [1.29, 1.82) is 0 Å². The zero-order valence-electron chi connectivity index (χ0n) is 28.2. The molecular formula is C50H30N2. The highest BCUT2D eigenvalue weighted by Gasteiger charge is 2.17. The zero-order chi connectivity index (χ0) is 34.2. The van der Waals surface area contributed by atoms with Gasteiger partial charge in [-0.3, -0.25) is 0 Å². The smallest absolute Gasteiger partial charge is 0.161 e. The van der Waals surface area contributed by atoms with Crippen LogP contribution in [0.15, 0.2) is 182 Å². The molecule has 10 aromatic carbocycles. The van der Waals surface area contributed by atoms with Crippen LogP contribution in [-0.2, 0) is 0 Å². The van der Waals surface area contributed by atoms with Crippen molar-refractivity contribution >= 4 is 75.5 Å². The number of benzene rings is 9. The Bertz CT molecular complexity index is 3230. The Hall–Kier alpha value is -6.90. The molecule has 0 fully saturated rings. The predicted molar refractivity (Wildman–Crippen MR) is 221 cm³/mol. The molecular weight excluding hydrogens is 629 g/mol. The molecule has 0 bridgehead atoms. The summed E-state index contributed by atoms with van der Waals surface area (Å²) in [5.41, 5.74) is 6.36. The summed E-state index contributed by atoms with van der Waals surface area (Å²) in [4.78, 5) is 10.4. The summed E-state index contributed by atoms with van der Waals surface area (Å²) < 4.78 is 0. The van der Waals surface area contributed by atoms with Crippen molar-refractivity contribution in [3.63, 3.8) is 0 Å². The van der Waals surface area contributed by atoms with Crippen LogP contribution >= 0.6 is 0 Å². The Morgan fingerprint density at radius 2 is 0.827 bits per heavy atom. The van der Waals surface area contributed by atoms with E-state index in [-0.39, 0.29) is 0 Å². The maximum absolute atomic E-state index is 5.24. The Morgan fingerprint density at radius 3 is 1.54 bits per heavy atom. The van der Waals surface area contributed by atoms with Crippen molar-refractivity contribution in [3.8, 4) is 33.8 Å². The molecule has 0 unspecified atom stereocenters.